The lowest BCUT2D eigenvalue weighted by Crippen LogP contribution is -2.36. The van der Waals surface area contributed by atoms with Crippen LogP contribution in [0.1, 0.15) is 5.56 Å². The number of halogens is 2. The molecule has 0 aliphatic heterocycles. The van der Waals surface area contributed by atoms with Crippen LogP contribution in [-0.4, -0.2) is 29.4 Å². The summed E-state index contributed by atoms with van der Waals surface area (Å²) in [6, 6.07) is 10.9. The lowest BCUT2D eigenvalue weighted by molar-refractivity contribution is -0.00116. The van der Waals surface area contributed by atoms with Crippen LogP contribution in [0.2, 0.25) is 10.0 Å². The Morgan fingerprint density at radius 1 is 1.12 bits per heavy atom. The van der Waals surface area contributed by atoms with Gasteiger partial charge in [-0.2, -0.15) is 5.10 Å². The molecule has 0 aliphatic rings. The maximum absolute atomic E-state index is 11.6. The van der Waals surface area contributed by atoms with Gasteiger partial charge in [0, 0.05) is 33.4 Å². The molecule has 4 rings (SSSR count). The summed E-state index contributed by atoms with van der Waals surface area (Å²) in [7, 11) is 0. The number of hydrogen-bond acceptors (Lipinski definition) is 4. The third kappa shape index (κ3) is 3.19. The van der Waals surface area contributed by atoms with Crippen molar-refractivity contribution in [2.24, 2.45) is 0 Å². The zero-order chi connectivity index (χ0) is 18.1. The number of rotatable bonds is 5. The van der Waals surface area contributed by atoms with Gasteiger partial charge in [-0.1, -0.05) is 29.3 Å². The van der Waals surface area contributed by atoms with Gasteiger partial charge < -0.3 is 9.67 Å². The smallest absolute Gasteiger partial charge is 0.139 e. The second kappa shape index (κ2) is 6.72. The Balaban J connectivity index is 1.79. The van der Waals surface area contributed by atoms with Gasteiger partial charge in [0.25, 0.3) is 0 Å². The van der Waals surface area contributed by atoms with E-state index in [1.54, 1.807) is 35.4 Å². The van der Waals surface area contributed by atoms with Gasteiger partial charge in [-0.15, -0.1) is 0 Å². The van der Waals surface area contributed by atoms with Crippen molar-refractivity contribution in [3.63, 3.8) is 0 Å². The average molecular weight is 388 g/mol. The van der Waals surface area contributed by atoms with Crippen molar-refractivity contribution in [1.82, 2.24) is 24.3 Å². The number of fused-ring (bicyclic) bond motifs is 1. The molecule has 3 heterocycles. The minimum absolute atomic E-state index is 0.181. The molecule has 4 aromatic rings. The molecule has 1 aromatic carbocycles. The Hall–Kier alpha value is -2.41. The van der Waals surface area contributed by atoms with Crippen LogP contribution in [0.4, 0.5) is 0 Å². The first-order valence-electron chi connectivity index (χ1n) is 7.95. The molecule has 1 unspecified atom stereocenters. The molecule has 0 amide bonds. The fourth-order valence-corrected chi connectivity index (χ4v) is 3.68. The molecule has 0 saturated heterocycles. The second-order valence-corrected chi connectivity index (χ2v) is 6.95. The Morgan fingerprint density at radius 3 is 2.77 bits per heavy atom. The zero-order valence-corrected chi connectivity index (χ0v) is 15.1. The van der Waals surface area contributed by atoms with E-state index in [0.717, 1.165) is 11.0 Å². The molecule has 1 N–H and O–H groups in total. The van der Waals surface area contributed by atoms with E-state index in [1.165, 1.54) is 6.33 Å². The summed E-state index contributed by atoms with van der Waals surface area (Å²) in [5.41, 5.74) is 0.0187. The van der Waals surface area contributed by atoms with Gasteiger partial charge in [0.15, 0.2) is 0 Å². The molecule has 0 spiro atoms. The van der Waals surface area contributed by atoms with Crippen molar-refractivity contribution >= 4 is 34.2 Å². The highest BCUT2D eigenvalue weighted by Crippen LogP contribution is 2.34. The molecule has 1 atom stereocenters. The lowest BCUT2D eigenvalue weighted by Gasteiger charge is -2.30. The van der Waals surface area contributed by atoms with Crippen LogP contribution in [0, 0.1) is 0 Å². The van der Waals surface area contributed by atoms with E-state index >= 15 is 0 Å². The Labute approximate surface area is 159 Å². The molecule has 6 nitrogen and oxygen atoms in total. The van der Waals surface area contributed by atoms with E-state index in [9.17, 15) is 5.11 Å². The molecule has 0 bridgehead atoms. The maximum Gasteiger partial charge on any atom is 0.139 e. The van der Waals surface area contributed by atoms with Crippen molar-refractivity contribution in [2.45, 2.75) is 18.7 Å². The van der Waals surface area contributed by atoms with Crippen LogP contribution < -0.4 is 0 Å². The van der Waals surface area contributed by atoms with Crippen LogP contribution in [0.15, 0.2) is 61.4 Å². The van der Waals surface area contributed by atoms with Crippen molar-refractivity contribution in [1.29, 1.82) is 0 Å². The number of aliphatic hydroxyl groups is 1. The van der Waals surface area contributed by atoms with Gasteiger partial charge in [-0.05, 0) is 30.3 Å². The third-order valence-corrected chi connectivity index (χ3v) is 4.83. The number of aromatic nitrogens is 5. The van der Waals surface area contributed by atoms with Gasteiger partial charge in [0.2, 0.25) is 0 Å². The topological polar surface area (TPSA) is 68.8 Å². The van der Waals surface area contributed by atoms with Crippen LogP contribution >= 0.6 is 23.2 Å². The summed E-state index contributed by atoms with van der Waals surface area (Å²) in [5.74, 6) is 0. The van der Waals surface area contributed by atoms with E-state index in [2.05, 4.69) is 15.1 Å². The van der Waals surface area contributed by atoms with Crippen molar-refractivity contribution in [3.8, 4) is 0 Å². The van der Waals surface area contributed by atoms with Gasteiger partial charge in [-0.25, -0.2) is 14.6 Å². The van der Waals surface area contributed by atoms with E-state index in [1.807, 2.05) is 29.0 Å². The van der Waals surface area contributed by atoms with E-state index < -0.39 is 5.60 Å². The summed E-state index contributed by atoms with van der Waals surface area (Å²) in [5, 5.41) is 17.6. The highest BCUT2D eigenvalue weighted by atomic mass is 35.5. The SMILES string of the molecule is OC(Cn1cncn1)(Cn1ccc2cccnc21)c1ccc(Cl)cc1Cl. The highest BCUT2D eigenvalue weighted by Gasteiger charge is 2.33. The Kier molecular flexibility index (Phi) is 4.40. The summed E-state index contributed by atoms with van der Waals surface area (Å²) in [6.45, 7) is 0.426. The predicted octanol–water partition coefficient (Wildman–Crippen LogP) is 3.52. The fourth-order valence-electron chi connectivity index (χ4n) is 3.10. The molecular formula is C18H15Cl2N5O. The van der Waals surface area contributed by atoms with Crippen molar-refractivity contribution in [3.05, 3.63) is 77.1 Å². The Morgan fingerprint density at radius 2 is 2.00 bits per heavy atom. The number of hydrogen-bond donors (Lipinski definition) is 1. The molecule has 0 fully saturated rings. The molecule has 0 radical (unpaired) electrons. The van der Waals surface area contributed by atoms with Crippen LogP contribution in [0.3, 0.4) is 0 Å². The lowest BCUT2D eigenvalue weighted by atomic mass is 9.93. The fraction of sp³-hybridized carbons (Fsp3) is 0.167. The highest BCUT2D eigenvalue weighted by molar-refractivity contribution is 6.35. The summed E-state index contributed by atoms with van der Waals surface area (Å²) in [6.07, 6.45) is 6.61. The van der Waals surface area contributed by atoms with Crippen LogP contribution in [0.25, 0.3) is 11.0 Å². The van der Waals surface area contributed by atoms with Crippen molar-refractivity contribution in [2.75, 3.05) is 0 Å². The van der Waals surface area contributed by atoms with Gasteiger partial charge in [-0.3, -0.25) is 0 Å². The van der Waals surface area contributed by atoms with Crippen LogP contribution in [-0.2, 0) is 18.7 Å². The van der Waals surface area contributed by atoms with Gasteiger partial charge >= 0.3 is 0 Å². The number of nitrogens with zero attached hydrogens (tertiary/aromatic N) is 5. The third-order valence-electron chi connectivity index (χ3n) is 4.28. The molecule has 3 aromatic heterocycles. The minimum atomic E-state index is -1.33. The number of benzene rings is 1. The number of pyridine rings is 1. The van der Waals surface area contributed by atoms with Gasteiger partial charge in [0.05, 0.1) is 13.1 Å². The quantitative estimate of drug-likeness (QED) is 0.568. The van der Waals surface area contributed by atoms with E-state index in [0.29, 0.717) is 15.6 Å². The molecular weight excluding hydrogens is 373 g/mol. The molecule has 8 heteroatoms. The molecule has 0 saturated carbocycles. The standard InChI is InChI=1S/C18H15Cl2N5O/c19-14-3-4-15(16(20)8-14)18(26,10-25-12-21-11-23-25)9-24-7-5-13-2-1-6-22-17(13)24/h1-8,11-12,26H,9-10H2. The largest absolute Gasteiger partial charge is 0.381 e. The first kappa shape index (κ1) is 17.0. The monoisotopic (exact) mass is 387 g/mol. The molecule has 0 aliphatic carbocycles. The summed E-state index contributed by atoms with van der Waals surface area (Å²) >= 11 is 12.4. The predicted molar refractivity (Wildman–Crippen MR) is 100 cm³/mol. The van der Waals surface area contributed by atoms with Crippen LogP contribution in [0.5, 0.6) is 0 Å². The molecule has 132 valence electrons. The first-order valence-corrected chi connectivity index (χ1v) is 8.71. The van der Waals surface area contributed by atoms with Gasteiger partial charge in [0.1, 0.15) is 23.9 Å². The minimum Gasteiger partial charge on any atom is -0.381 e. The summed E-state index contributed by atoms with van der Waals surface area (Å²) < 4.78 is 3.47. The normalized spacial score (nSPS) is 13.8. The second-order valence-electron chi connectivity index (χ2n) is 6.11. The molecule has 26 heavy (non-hydrogen) atoms. The summed E-state index contributed by atoms with van der Waals surface area (Å²) in [4.78, 5) is 8.37. The first-order chi connectivity index (χ1) is 12.5. The Bertz CT molecular complexity index is 1050. The van der Waals surface area contributed by atoms with E-state index in [-0.39, 0.29) is 13.1 Å². The van der Waals surface area contributed by atoms with E-state index in [4.69, 9.17) is 23.2 Å². The zero-order valence-electron chi connectivity index (χ0n) is 13.6. The maximum atomic E-state index is 11.6. The average Bonchev–Trinajstić information content (AvgIpc) is 3.25. The van der Waals surface area contributed by atoms with Crippen molar-refractivity contribution < 1.29 is 5.11 Å².